The molecule has 2 fully saturated rings. The van der Waals surface area contributed by atoms with Crippen LogP contribution < -0.4 is 0 Å². The highest BCUT2D eigenvalue weighted by atomic mass is 16.5. The van der Waals surface area contributed by atoms with E-state index >= 15 is 0 Å². The van der Waals surface area contributed by atoms with E-state index in [1.165, 1.54) is 0 Å². The number of hydrogen-bond donors (Lipinski definition) is 0. The predicted octanol–water partition coefficient (Wildman–Crippen LogP) is 2.21. The first-order valence-corrected chi connectivity index (χ1v) is 10.2. The number of carbonyl (C=O) groups is 2. The first-order valence-electron chi connectivity index (χ1n) is 10.2. The van der Waals surface area contributed by atoms with Crippen LogP contribution in [0.1, 0.15) is 42.6 Å². The Balaban J connectivity index is 1.53. The van der Waals surface area contributed by atoms with Crippen molar-refractivity contribution in [2.24, 2.45) is 7.05 Å². The lowest BCUT2D eigenvalue weighted by atomic mass is 10.1. The molecule has 150 valence electrons. The third-order valence-electron chi connectivity index (χ3n) is 5.85. The highest BCUT2D eigenvalue weighted by molar-refractivity contribution is 6.05. The molecule has 2 amide bonds. The van der Waals surface area contributed by atoms with Crippen LogP contribution in [0.4, 0.5) is 0 Å². The van der Waals surface area contributed by atoms with Crippen LogP contribution in [-0.2, 0) is 16.6 Å². The number of aromatic nitrogens is 2. The number of ether oxygens (including phenoxy) is 1. The van der Waals surface area contributed by atoms with Gasteiger partial charge in [0.1, 0.15) is 0 Å². The number of nitrogens with zero attached hydrogens (tertiary/aromatic N) is 4. The average molecular weight is 384 g/mol. The summed E-state index contributed by atoms with van der Waals surface area (Å²) in [5, 5.41) is 5.42. The highest BCUT2D eigenvalue weighted by Crippen LogP contribution is 2.23. The molecule has 0 radical (unpaired) electrons. The van der Waals surface area contributed by atoms with Crippen LogP contribution >= 0.6 is 0 Å². The summed E-state index contributed by atoms with van der Waals surface area (Å²) >= 11 is 0. The van der Waals surface area contributed by atoms with Crippen molar-refractivity contribution in [2.75, 3.05) is 32.8 Å². The zero-order chi connectivity index (χ0) is 19.5. The van der Waals surface area contributed by atoms with Crippen molar-refractivity contribution in [2.45, 2.75) is 38.1 Å². The fourth-order valence-corrected chi connectivity index (χ4v) is 4.33. The number of aryl methyl sites for hydroxylation is 1. The maximum Gasteiger partial charge on any atom is 0.275 e. The van der Waals surface area contributed by atoms with Crippen molar-refractivity contribution in [3.05, 3.63) is 30.0 Å². The SMILES string of the molecule is Cn1nc(C(=O)N(CCCN2CCCC2=O)C2CCOCC2)c2ccccc21. The van der Waals surface area contributed by atoms with Gasteiger partial charge in [0.2, 0.25) is 5.91 Å². The van der Waals surface area contributed by atoms with Gasteiger partial charge in [-0.25, -0.2) is 0 Å². The summed E-state index contributed by atoms with van der Waals surface area (Å²) in [6.45, 7) is 3.56. The van der Waals surface area contributed by atoms with Gasteiger partial charge in [0.25, 0.3) is 5.91 Å². The topological polar surface area (TPSA) is 67.7 Å². The normalized spacial score (nSPS) is 18.2. The van der Waals surface area contributed by atoms with Gasteiger partial charge in [-0.3, -0.25) is 14.3 Å². The average Bonchev–Trinajstić information content (AvgIpc) is 3.29. The van der Waals surface area contributed by atoms with Crippen LogP contribution in [0.3, 0.4) is 0 Å². The summed E-state index contributed by atoms with van der Waals surface area (Å²) in [5.74, 6) is 0.219. The maximum absolute atomic E-state index is 13.5. The number of likely N-dealkylation sites (tertiary alicyclic amines) is 1. The number of hydrogen-bond acceptors (Lipinski definition) is 4. The van der Waals surface area contributed by atoms with Crippen molar-refractivity contribution in [1.29, 1.82) is 0 Å². The molecule has 2 saturated heterocycles. The molecule has 0 N–H and O–H groups in total. The van der Waals surface area contributed by atoms with Crippen LogP contribution in [0.15, 0.2) is 24.3 Å². The smallest absolute Gasteiger partial charge is 0.275 e. The van der Waals surface area contributed by atoms with Crippen LogP contribution in [-0.4, -0.2) is 70.3 Å². The monoisotopic (exact) mass is 384 g/mol. The summed E-state index contributed by atoms with van der Waals surface area (Å²) in [4.78, 5) is 29.3. The summed E-state index contributed by atoms with van der Waals surface area (Å²) in [5.41, 5.74) is 1.47. The van der Waals surface area contributed by atoms with E-state index in [1.807, 2.05) is 41.1 Å². The molecule has 0 bridgehead atoms. The Morgan fingerprint density at radius 2 is 2.07 bits per heavy atom. The number of fused-ring (bicyclic) bond motifs is 1. The van der Waals surface area contributed by atoms with Gasteiger partial charge in [-0.05, 0) is 31.7 Å². The van der Waals surface area contributed by atoms with E-state index in [9.17, 15) is 9.59 Å². The second kappa shape index (κ2) is 8.31. The summed E-state index contributed by atoms with van der Waals surface area (Å²) in [6.07, 6.45) is 4.09. The van der Waals surface area contributed by atoms with E-state index < -0.39 is 0 Å². The van der Waals surface area contributed by atoms with E-state index in [-0.39, 0.29) is 17.9 Å². The molecule has 1 aromatic carbocycles. The Hall–Kier alpha value is -2.41. The summed E-state index contributed by atoms with van der Waals surface area (Å²) in [6, 6.07) is 8.01. The van der Waals surface area contributed by atoms with Gasteiger partial charge < -0.3 is 14.5 Å². The zero-order valence-electron chi connectivity index (χ0n) is 16.5. The quantitative estimate of drug-likeness (QED) is 0.766. The molecule has 2 aliphatic rings. The van der Waals surface area contributed by atoms with Gasteiger partial charge in [0.05, 0.1) is 5.52 Å². The molecule has 0 unspecified atom stereocenters. The van der Waals surface area contributed by atoms with Crippen LogP contribution in [0.5, 0.6) is 0 Å². The number of carbonyl (C=O) groups excluding carboxylic acids is 2. The van der Waals surface area contributed by atoms with Gasteiger partial charge in [0, 0.05) is 57.7 Å². The minimum atomic E-state index is -0.0172. The fourth-order valence-electron chi connectivity index (χ4n) is 4.33. The third kappa shape index (κ3) is 3.76. The molecule has 2 aromatic rings. The molecule has 2 aliphatic heterocycles. The second-order valence-corrected chi connectivity index (χ2v) is 7.67. The standard InChI is InChI=1S/C21H28N4O3/c1-23-18-7-3-2-6-17(18)20(22-23)21(27)25(16-9-14-28-15-10-16)13-5-12-24-11-4-8-19(24)26/h2-3,6-7,16H,4-5,8-15H2,1H3. The minimum absolute atomic E-state index is 0.0172. The number of benzene rings is 1. The highest BCUT2D eigenvalue weighted by Gasteiger charge is 2.30. The lowest BCUT2D eigenvalue weighted by Gasteiger charge is -2.34. The Morgan fingerprint density at radius 3 is 2.82 bits per heavy atom. The molecular weight excluding hydrogens is 356 g/mol. The summed E-state index contributed by atoms with van der Waals surface area (Å²) in [7, 11) is 1.87. The van der Waals surface area contributed by atoms with E-state index in [0.29, 0.717) is 31.9 Å². The van der Waals surface area contributed by atoms with Gasteiger partial charge in [-0.2, -0.15) is 5.10 Å². The molecule has 0 saturated carbocycles. The van der Waals surface area contributed by atoms with Gasteiger partial charge in [-0.15, -0.1) is 0 Å². The third-order valence-corrected chi connectivity index (χ3v) is 5.85. The van der Waals surface area contributed by atoms with Crippen LogP contribution in [0.25, 0.3) is 10.9 Å². The Kier molecular flexibility index (Phi) is 5.62. The maximum atomic E-state index is 13.5. The van der Waals surface area contributed by atoms with Crippen molar-refractivity contribution in [3.63, 3.8) is 0 Å². The molecule has 0 spiro atoms. The zero-order valence-corrected chi connectivity index (χ0v) is 16.5. The Bertz CT molecular complexity index is 856. The van der Waals surface area contributed by atoms with Crippen LogP contribution in [0, 0.1) is 0 Å². The van der Waals surface area contributed by atoms with Crippen molar-refractivity contribution < 1.29 is 14.3 Å². The predicted molar refractivity (Wildman–Crippen MR) is 106 cm³/mol. The van der Waals surface area contributed by atoms with Gasteiger partial charge in [-0.1, -0.05) is 18.2 Å². The fraction of sp³-hybridized carbons (Fsp3) is 0.571. The molecule has 28 heavy (non-hydrogen) atoms. The number of amides is 2. The minimum Gasteiger partial charge on any atom is -0.381 e. The van der Waals surface area contributed by atoms with Crippen molar-refractivity contribution in [3.8, 4) is 0 Å². The molecule has 0 atom stereocenters. The molecule has 1 aromatic heterocycles. The van der Waals surface area contributed by atoms with E-state index in [0.717, 1.165) is 49.7 Å². The van der Waals surface area contributed by atoms with E-state index in [1.54, 1.807) is 4.68 Å². The first kappa shape index (κ1) is 18.9. The molecule has 4 rings (SSSR count). The Morgan fingerprint density at radius 1 is 1.29 bits per heavy atom. The lowest BCUT2D eigenvalue weighted by Crippen LogP contribution is -2.45. The molecule has 0 aliphatic carbocycles. The lowest BCUT2D eigenvalue weighted by molar-refractivity contribution is -0.127. The van der Waals surface area contributed by atoms with E-state index in [2.05, 4.69) is 5.10 Å². The van der Waals surface area contributed by atoms with E-state index in [4.69, 9.17) is 4.74 Å². The van der Waals surface area contributed by atoms with Gasteiger partial charge >= 0.3 is 0 Å². The van der Waals surface area contributed by atoms with Crippen molar-refractivity contribution >= 4 is 22.7 Å². The molecule has 7 heteroatoms. The molecular formula is C21H28N4O3. The molecule has 3 heterocycles. The van der Waals surface area contributed by atoms with Crippen LogP contribution in [0.2, 0.25) is 0 Å². The largest absolute Gasteiger partial charge is 0.381 e. The first-order chi connectivity index (χ1) is 13.6. The number of rotatable bonds is 6. The van der Waals surface area contributed by atoms with Gasteiger partial charge in [0.15, 0.2) is 5.69 Å². The summed E-state index contributed by atoms with van der Waals surface area (Å²) < 4.78 is 7.27. The second-order valence-electron chi connectivity index (χ2n) is 7.67. The molecule has 7 nitrogen and oxygen atoms in total. The number of para-hydroxylation sites is 1. The Labute approximate surface area is 165 Å². The van der Waals surface area contributed by atoms with Crippen molar-refractivity contribution in [1.82, 2.24) is 19.6 Å².